The highest BCUT2D eigenvalue weighted by molar-refractivity contribution is 7.86. The monoisotopic (exact) mass is 390 g/mol. The van der Waals surface area contributed by atoms with Gasteiger partial charge in [0.15, 0.2) is 0 Å². The van der Waals surface area contributed by atoms with E-state index >= 15 is 0 Å². The van der Waals surface area contributed by atoms with Crippen molar-refractivity contribution >= 4 is 20.2 Å². The molecule has 0 unspecified atom stereocenters. The molecule has 0 atom stereocenters. The molecule has 25 heavy (non-hydrogen) atoms. The highest BCUT2D eigenvalue weighted by Crippen LogP contribution is 2.00. The number of aromatic nitrogens is 2. The predicted octanol–water partition coefficient (Wildman–Crippen LogP) is 2.10. The fourth-order valence-corrected chi connectivity index (χ4v) is 2.51. The van der Waals surface area contributed by atoms with Gasteiger partial charge in [0.1, 0.15) is 0 Å². The van der Waals surface area contributed by atoms with Crippen LogP contribution in [0.25, 0.3) is 0 Å². The van der Waals surface area contributed by atoms with E-state index in [1.54, 1.807) is 24.8 Å². The summed E-state index contributed by atoms with van der Waals surface area (Å²) in [6.07, 6.45) is 7.71. The zero-order valence-electron chi connectivity index (χ0n) is 13.5. The first-order valence-electron chi connectivity index (χ1n) is 7.31. The van der Waals surface area contributed by atoms with Crippen LogP contribution in [0.1, 0.15) is 19.3 Å². The first-order valence-corrected chi connectivity index (χ1v) is 10.5. The van der Waals surface area contributed by atoms with E-state index in [4.69, 9.17) is 9.11 Å². The first-order chi connectivity index (χ1) is 11.7. The van der Waals surface area contributed by atoms with E-state index in [2.05, 4.69) is 9.97 Å². The van der Waals surface area contributed by atoms with Gasteiger partial charge in [0.25, 0.3) is 20.2 Å². The Morgan fingerprint density at radius 3 is 1.04 bits per heavy atom. The highest BCUT2D eigenvalue weighted by Gasteiger charge is 2.06. The molecular weight excluding hydrogens is 368 g/mol. The lowest BCUT2D eigenvalue weighted by molar-refractivity contribution is 0.477. The number of hydrogen-bond donors (Lipinski definition) is 2. The van der Waals surface area contributed by atoms with E-state index < -0.39 is 20.2 Å². The Balaban J connectivity index is 0.000000392. The molecule has 8 nitrogen and oxygen atoms in total. The molecule has 0 spiro atoms. The summed E-state index contributed by atoms with van der Waals surface area (Å²) in [5, 5.41) is 0. The molecule has 2 heterocycles. The van der Waals surface area contributed by atoms with Crippen molar-refractivity contribution in [1.82, 2.24) is 9.97 Å². The summed E-state index contributed by atoms with van der Waals surface area (Å²) in [4.78, 5) is 7.57. The number of pyridine rings is 2. The molecule has 0 aliphatic rings. The molecule has 0 bridgehead atoms. The Hall–Kier alpha value is -1.88. The standard InChI is InChI=1S/2C5H5N.C5H12O6S2/c2*1-2-4-6-5-3-1;6-12(7,8)4-2-1-3-5-13(9,10)11/h2*1-5H;1-5H2,(H,6,7,8)(H,9,10,11). The zero-order valence-corrected chi connectivity index (χ0v) is 15.2. The predicted molar refractivity (Wildman–Crippen MR) is 95.2 cm³/mol. The maximum atomic E-state index is 10.2. The summed E-state index contributed by atoms with van der Waals surface area (Å²) in [7, 11) is -7.90. The molecular formula is C15H22N2O6S2. The molecule has 0 saturated carbocycles. The minimum absolute atomic E-state index is 0.189. The molecule has 2 aromatic rings. The van der Waals surface area contributed by atoms with E-state index in [0.717, 1.165) is 0 Å². The Morgan fingerprint density at radius 2 is 0.880 bits per heavy atom. The van der Waals surface area contributed by atoms with Gasteiger partial charge < -0.3 is 0 Å². The Bertz CT molecular complexity index is 619. The van der Waals surface area contributed by atoms with Crippen molar-refractivity contribution in [2.75, 3.05) is 11.5 Å². The Morgan fingerprint density at radius 1 is 0.560 bits per heavy atom. The molecule has 0 fully saturated rings. The molecule has 2 aromatic heterocycles. The van der Waals surface area contributed by atoms with E-state index in [0.29, 0.717) is 6.42 Å². The van der Waals surface area contributed by atoms with Crippen LogP contribution in [0.5, 0.6) is 0 Å². The van der Waals surface area contributed by atoms with Crippen LogP contribution in [0.15, 0.2) is 61.2 Å². The lowest BCUT2D eigenvalue weighted by atomic mass is 10.3. The SMILES string of the molecule is O=S(=O)(O)CCCCCS(=O)(=O)O.c1ccncc1.c1ccncc1. The lowest BCUT2D eigenvalue weighted by Crippen LogP contribution is -2.06. The minimum Gasteiger partial charge on any atom is -0.286 e. The smallest absolute Gasteiger partial charge is 0.264 e. The molecule has 2 rings (SSSR count). The average Bonchev–Trinajstić information content (AvgIpc) is 2.57. The molecule has 10 heteroatoms. The van der Waals surface area contributed by atoms with Crippen LogP contribution in [0, 0.1) is 0 Å². The van der Waals surface area contributed by atoms with Crippen LogP contribution in [-0.2, 0) is 20.2 Å². The van der Waals surface area contributed by atoms with Gasteiger partial charge in [-0.3, -0.25) is 19.1 Å². The van der Waals surface area contributed by atoms with Gasteiger partial charge >= 0.3 is 0 Å². The second-order valence-electron chi connectivity index (χ2n) is 4.68. The molecule has 0 radical (unpaired) electrons. The van der Waals surface area contributed by atoms with Crippen LogP contribution in [-0.4, -0.2) is 47.4 Å². The topological polar surface area (TPSA) is 135 Å². The third kappa shape index (κ3) is 22.1. The second-order valence-corrected chi connectivity index (χ2v) is 7.83. The van der Waals surface area contributed by atoms with Gasteiger partial charge in [-0.2, -0.15) is 16.8 Å². The van der Waals surface area contributed by atoms with Crippen LogP contribution in [0.2, 0.25) is 0 Å². The number of hydrogen-bond acceptors (Lipinski definition) is 6. The van der Waals surface area contributed by atoms with Crippen molar-refractivity contribution in [1.29, 1.82) is 0 Å². The van der Waals surface area contributed by atoms with E-state index in [1.807, 2.05) is 36.4 Å². The van der Waals surface area contributed by atoms with Gasteiger partial charge in [0.2, 0.25) is 0 Å². The van der Waals surface area contributed by atoms with Crippen molar-refractivity contribution in [2.24, 2.45) is 0 Å². The third-order valence-corrected chi connectivity index (χ3v) is 4.05. The van der Waals surface area contributed by atoms with E-state index in [1.165, 1.54) is 0 Å². The molecule has 140 valence electrons. The number of unbranched alkanes of at least 4 members (excludes halogenated alkanes) is 2. The maximum Gasteiger partial charge on any atom is 0.264 e. The average molecular weight is 390 g/mol. The molecule has 0 saturated heterocycles. The van der Waals surface area contributed by atoms with Crippen molar-refractivity contribution in [3.63, 3.8) is 0 Å². The fourth-order valence-electron chi connectivity index (χ4n) is 1.37. The zero-order chi connectivity index (χ0) is 19.0. The number of rotatable bonds is 6. The summed E-state index contributed by atoms with van der Waals surface area (Å²) >= 11 is 0. The van der Waals surface area contributed by atoms with Gasteiger partial charge in [0, 0.05) is 24.8 Å². The van der Waals surface area contributed by atoms with Crippen LogP contribution in [0.4, 0.5) is 0 Å². The first kappa shape index (κ1) is 23.1. The summed E-state index contributed by atoms with van der Waals surface area (Å²) < 4.78 is 57.3. The quantitative estimate of drug-likeness (QED) is 0.565. The second kappa shape index (κ2) is 13.4. The van der Waals surface area contributed by atoms with E-state index in [-0.39, 0.29) is 24.3 Å². The molecule has 0 aromatic carbocycles. The van der Waals surface area contributed by atoms with Crippen molar-refractivity contribution in [3.05, 3.63) is 61.2 Å². The summed E-state index contributed by atoms with van der Waals surface area (Å²) in [6.45, 7) is 0. The van der Waals surface area contributed by atoms with Crippen molar-refractivity contribution in [3.8, 4) is 0 Å². The summed E-state index contributed by atoms with van der Waals surface area (Å²) in [5.74, 6) is -0.753. The van der Waals surface area contributed by atoms with Crippen LogP contribution < -0.4 is 0 Å². The number of nitrogens with zero attached hydrogens (tertiary/aromatic N) is 2. The summed E-state index contributed by atoms with van der Waals surface area (Å²) in [5.41, 5.74) is 0. The van der Waals surface area contributed by atoms with Crippen molar-refractivity contribution < 1.29 is 25.9 Å². The Labute approximate surface area is 148 Å². The largest absolute Gasteiger partial charge is 0.286 e. The normalized spacial score (nSPS) is 10.6. The molecule has 0 aliphatic heterocycles. The highest BCUT2D eigenvalue weighted by atomic mass is 32.2. The molecule has 0 aliphatic carbocycles. The summed E-state index contributed by atoms with van der Waals surface area (Å²) in [6, 6.07) is 11.4. The third-order valence-electron chi connectivity index (χ3n) is 2.44. The Kier molecular flexibility index (Phi) is 12.4. The maximum absolute atomic E-state index is 10.2. The van der Waals surface area contributed by atoms with Gasteiger partial charge in [-0.1, -0.05) is 18.6 Å². The van der Waals surface area contributed by atoms with E-state index in [9.17, 15) is 16.8 Å². The van der Waals surface area contributed by atoms with Crippen molar-refractivity contribution in [2.45, 2.75) is 19.3 Å². The van der Waals surface area contributed by atoms with Gasteiger partial charge in [0.05, 0.1) is 11.5 Å². The van der Waals surface area contributed by atoms with Gasteiger partial charge in [-0.05, 0) is 37.1 Å². The molecule has 2 N–H and O–H groups in total. The lowest BCUT2D eigenvalue weighted by Gasteiger charge is -1.97. The van der Waals surface area contributed by atoms with Gasteiger partial charge in [-0.15, -0.1) is 0 Å². The van der Waals surface area contributed by atoms with Gasteiger partial charge in [-0.25, -0.2) is 0 Å². The fraction of sp³-hybridized carbons (Fsp3) is 0.333. The van der Waals surface area contributed by atoms with Crippen LogP contribution >= 0.6 is 0 Å². The minimum atomic E-state index is -3.95. The molecule has 0 amide bonds. The van der Waals surface area contributed by atoms with Crippen LogP contribution in [0.3, 0.4) is 0 Å².